The Morgan fingerprint density at radius 2 is 1.85 bits per heavy atom. The van der Waals surface area contributed by atoms with Crippen LogP contribution in [0.1, 0.15) is 17.4 Å². The number of hydrogen-bond acceptors (Lipinski definition) is 3. The van der Waals surface area contributed by atoms with E-state index in [1.165, 1.54) is 0 Å². The normalized spacial score (nSPS) is 12.5. The number of nitrogens with two attached hydrogens (primary N) is 1. The van der Waals surface area contributed by atoms with Crippen LogP contribution in [-0.4, -0.2) is 7.11 Å². The zero-order chi connectivity index (χ0) is 13.9. The minimum atomic E-state index is -0.182. The fraction of sp³-hybridized carbons (Fsp3) is 0.176. The average molecular weight is 267 g/mol. The molecule has 1 aromatic heterocycles. The Bertz CT molecular complexity index is 685. The number of ether oxygens (including phenoxy) is 1. The van der Waals surface area contributed by atoms with Crippen LogP contribution in [-0.2, 0) is 6.42 Å². The molecule has 2 aromatic carbocycles. The molecule has 1 heterocycles. The standard InChI is InChI=1S/C17H17NO2/c1-19-15-8-4-2-6-12(15)10-14(18)17-11-13-7-3-5-9-16(13)20-17/h2-9,11,14H,10,18H2,1H3. The van der Waals surface area contributed by atoms with E-state index in [9.17, 15) is 0 Å². The number of para-hydroxylation sites is 2. The molecule has 1 unspecified atom stereocenters. The lowest BCUT2D eigenvalue weighted by molar-refractivity contribution is 0.405. The fourth-order valence-electron chi connectivity index (χ4n) is 2.39. The number of rotatable bonds is 4. The summed E-state index contributed by atoms with van der Waals surface area (Å²) in [6, 6.07) is 17.7. The predicted molar refractivity (Wildman–Crippen MR) is 79.8 cm³/mol. The highest BCUT2D eigenvalue weighted by Crippen LogP contribution is 2.27. The zero-order valence-electron chi connectivity index (χ0n) is 11.4. The highest BCUT2D eigenvalue weighted by atomic mass is 16.5. The van der Waals surface area contributed by atoms with E-state index in [0.29, 0.717) is 6.42 Å². The van der Waals surface area contributed by atoms with Gasteiger partial charge in [0.05, 0.1) is 13.2 Å². The minimum Gasteiger partial charge on any atom is -0.496 e. The molecule has 3 heteroatoms. The lowest BCUT2D eigenvalue weighted by atomic mass is 10.0. The average Bonchev–Trinajstić information content (AvgIpc) is 2.92. The molecule has 0 aliphatic rings. The summed E-state index contributed by atoms with van der Waals surface area (Å²) in [6.07, 6.45) is 0.684. The summed E-state index contributed by atoms with van der Waals surface area (Å²) in [4.78, 5) is 0. The van der Waals surface area contributed by atoms with E-state index in [-0.39, 0.29) is 6.04 Å². The number of benzene rings is 2. The first kappa shape index (κ1) is 12.8. The van der Waals surface area contributed by atoms with Crippen LogP contribution in [0.3, 0.4) is 0 Å². The zero-order valence-corrected chi connectivity index (χ0v) is 11.4. The van der Waals surface area contributed by atoms with Gasteiger partial charge >= 0.3 is 0 Å². The molecule has 0 radical (unpaired) electrons. The van der Waals surface area contributed by atoms with Gasteiger partial charge in [-0.1, -0.05) is 36.4 Å². The van der Waals surface area contributed by atoms with Crippen LogP contribution in [0.25, 0.3) is 11.0 Å². The molecule has 0 fully saturated rings. The van der Waals surface area contributed by atoms with E-state index < -0.39 is 0 Å². The third-order valence-electron chi connectivity index (χ3n) is 3.44. The Morgan fingerprint density at radius 3 is 2.65 bits per heavy atom. The van der Waals surface area contributed by atoms with Crippen molar-refractivity contribution in [1.82, 2.24) is 0 Å². The van der Waals surface area contributed by atoms with Gasteiger partial charge in [0.2, 0.25) is 0 Å². The molecule has 0 aliphatic heterocycles. The van der Waals surface area contributed by atoms with Crippen molar-refractivity contribution < 1.29 is 9.15 Å². The molecule has 2 N–H and O–H groups in total. The summed E-state index contributed by atoms with van der Waals surface area (Å²) in [6.45, 7) is 0. The van der Waals surface area contributed by atoms with Gasteiger partial charge in [-0.2, -0.15) is 0 Å². The quantitative estimate of drug-likeness (QED) is 0.784. The molecule has 3 nitrogen and oxygen atoms in total. The van der Waals surface area contributed by atoms with E-state index >= 15 is 0 Å². The predicted octanol–water partition coefficient (Wildman–Crippen LogP) is 3.68. The van der Waals surface area contributed by atoms with Crippen molar-refractivity contribution in [3.63, 3.8) is 0 Å². The second-order valence-corrected chi connectivity index (χ2v) is 4.81. The van der Waals surface area contributed by atoms with Crippen molar-refractivity contribution in [2.45, 2.75) is 12.5 Å². The van der Waals surface area contributed by atoms with Gasteiger partial charge in [-0.25, -0.2) is 0 Å². The highest BCUT2D eigenvalue weighted by Gasteiger charge is 2.14. The molecular formula is C17H17NO2. The van der Waals surface area contributed by atoms with Gasteiger partial charge in [0.1, 0.15) is 17.1 Å². The molecular weight excluding hydrogens is 250 g/mol. The molecule has 0 bridgehead atoms. The Balaban J connectivity index is 1.87. The highest BCUT2D eigenvalue weighted by molar-refractivity contribution is 5.77. The maximum absolute atomic E-state index is 6.27. The van der Waals surface area contributed by atoms with Gasteiger partial charge < -0.3 is 14.9 Å². The van der Waals surface area contributed by atoms with Gasteiger partial charge in [0.25, 0.3) is 0 Å². The largest absolute Gasteiger partial charge is 0.496 e. The third kappa shape index (κ3) is 2.40. The second-order valence-electron chi connectivity index (χ2n) is 4.81. The molecule has 0 saturated heterocycles. The molecule has 0 amide bonds. The number of methoxy groups -OCH3 is 1. The van der Waals surface area contributed by atoms with E-state index in [1.54, 1.807) is 7.11 Å². The van der Waals surface area contributed by atoms with Crippen molar-refractivity contribution in [3.05, 3.63) is 65.9 Å². The monoisotopic (exact) mass is 267 g/mol. The lowest BCUT2D eigenvalue weighted by Crippen LogP contribution is -2.13. The summed E-state index contributed by atoms with van der Waals surface area (Å²) >= 11 is 0. The molecule has 20 heavy (non-hydrogen) atoms. The Morgan fingerprint density at radius 1 is 1.10 bits per heavy atom. The van der Waals surface area contributed by atoms with Gasteiger partial charge in [0, 0.05) is 5.39 Å². The van der Waals surface area contributed by atoms with Crippen LogP contribution < -0.4 is 10.5 Å². The second kappa shape index (κ2) is 5.39. The summed E-state index contributed by atoms with van der Waals surface area (Å²) in [5.74, 6) is 1.66. The first-order valence-electron chi connectivity index (χ1n) is 6.64. The summed E-state index contributed by atoms with van der Waals surface area (Å²) < 4.78 is 11.2. The Kier molecular flexibility index (Phi) is 3.44. The van der Waals surface area contributed by atoms with Crippen molar-refractivity contribution in [1.29, 1.82) is 0 Å². The molecule has 102 valence electrons. The van der Waals surface area contributed by atoms with Crippen molar-refractivity contribution in [2.75, 3.05) is 7.11 Å². The van der Waals surface area contributed by atoms with Crippen molar-refractivity contribution >= 4 is 11.0 Å². The molecule has 0 spiro atoms. The lowest BCUT2D eigenvalue weighted by Gasteiger charge is -2.12. The topological polar surface area (TPSA) is 48.4 Å². The number of furan rings is 1. The van der Waals surface area contributed by atoms with Crippen LogP contribution in [0.4, 0.5) is 0 Å². The van der Waals surface area contributed by atoms with Crippen LogP contribution in [0, 0.1) is 0 Å². The van der Waals surface area contributed by atoms with Gasteiger partial charge in [0.15, 0.2) is 0 Å². The van der Waals surface area contributed by atoms with Gasteiger partial charge in [-0.3, -0.25) is 0 Å². The van der Waals surface area contributed by atoms with E-state index in [4.69, 9.17) is 14.9 Å². The van der Waals surface area contributed by atoms with Crippen molar-refractivity contribution in [3.8, 4) is 5.75 Å². The maximum Gasteiger partial charge on any atom is 0.134 e. The van der Waals surface area contributed by atoms with Crippen LogP contribution in [0.5, 0.6) is 5.75 Å². The molecule has 0 aliphatic carbocycles. The van der Waals surface area contributed by atoms with Gasteiger partial charge in [-0.05, 0) is 30.2 Å². The molecule has 0 saturated carbocycles. The van der Waals surface area contributed by atoms with Crippen LogP contribution in [0.15, 0.2) is 59.0 Å². The molecule has 3 rings (SSSR count). The smallest absolute Gasteiger partial charge is 0.134 e. The number of hydrogen-bond donors (Lipinski definition) is 1. The summed E-state index contributed by atoms with van der Waals surface area (Å²) in [5, 5.41) is 1.08. The summed E-state index contributed by atoms with van der Waals surface area (Å²) in [7, 11) is 1.67. The van der Waals surface area contributed by atoms with Gasteiger partial charge in [-0.15, -0.1) is 0 Å². The van der Waals surface area contributed by atoms with E-state index in [2.05, 4.69) is 0 Å². The summed E-state index contributed by atoms with van der Waals surface area (Å²) in [5.41, 5.74) is 8.22. The molecule has 3 aromatic rings. The molecule has 1 atom stereocenters. The SMILES string of the molecule is COc1ccccc1CC(N)c1cc2ccccc2o1. The van der Waals surface area contributed by atoms with Crippen molar-refractivity contribution in [2.24, 2.45) is 5.73 Å². The Hall–Kier alpha value is -2.26. The van der Waals surface area contributed by atoms with Crippen LogP contribution in [0.2, 0.25) is 0 Å². The third-order valence-corrected chi connectivity index (χ3v) is 3.44. The minimum absolute atomic E-state index is 0.182. The van der Waals surface area contributed by atoms with Crippen LogP contribution >= 0.6 is 0 Å². The number of fused-ring (bicyclic) bond motifs is 1. The first-order valence-corrected chi connectivity index (χ1v) is 6.64. The fourth-order valence-corrected chi connectivity index (χ4v) is 2.39. The van der Waals surface area contributed by atoms with E-state index in [1.807, 2.05) is 54.6 Å². The first-order chi connectivity index (χ1) is 9.78. The maximum atomic E-state index is 6.27. The van der Waals surface area contributed by atoms with E-state index in [0.717, 1.165) is 28.0 Å². The Labute approximate surface area is 118 Å².